The zero-order valence-corrected chi connectivity index (χ0v) is 17.9. The van der Waals surface area contributed by atoms with Crippen LogP contribution >= 0.6 is 0 Å². The molecule has 0 saturated carbocycles. The number of guanidine groups is 1. The van der Waals surface area contributed by atoms with Gasteiger partial charge in [0.2, 0.25) is 5.91 Å². The first-order chi connectivity index (χ1) is 13.4. The molecule has 1 aromatic rings. The van der Waals surface area contributed by atoms with E-state index in [-0.39, 0.29) is 17.4 Å². The van der Waals surface area contributed by atoms with E-state index in [9.17, 15) is 4.79 Å². The van der Waals surface area contributed by atoms with Gasteiger partial charge in [-0.2, -0.15) is 0 Å². The summed E-state index contributed by atoms with van der Waals surface area (Å²) in [4.78, 5) is 19.2. The summed E-state index contributed by atoms with van der Waals surface area (Å²) in [6.45, 7) is 12.6. The Labute approximate surface area is 169 Å². The summed E-state index contributed by atoms with van der Waals surface area (Å²) in [7, 11) is 0. The van der Waals surface area contributed by atoms with E-state index in [0.29, 0.717) is 19.6 Å². The van der Waals surface area contributed by atoms with Crippen LogP contribution in [0.2, 0.25) is 0 Å². The van der Waals surface area contributed by atoms with Crippen molar-refractivity contribution in [2.45, 2.75) is 53.0 Å². The standard InChI is InChI=1S/C21H37N5O2/c1-5-22-20(24-12-11-23-19(27)21(2,3)4)25-16-17(18-10-9-15-28-18)26-13-7-6-8-14-26/h9-10,15,17H,5-8,11-14,16H2,1-4H3,(H,23,27)(H2,22,24,25). The highest BCUT2D eigenvalue weighted by Gasteiger charge is 2.24. The van der Waals surface area contributed by atoms with Crippen molar-refractivity contribution >= 4 is 11.9 Å². The van der Waals surface area contributed by atoms with Gasteiger partial charge in [-0.1, -0.05) is 27.2 Å². The first-order valence-electron chi connectivity index (χ1n) is 10.5. The quantitative estimate of drug-likeness (QED) is 0.360. The molecule has 3 N–H and O–H groups in total. The van der Waals surface area contributed by atoms with E-state index in [4.69, 9.17) is 9.41 Å². The average Bonchev–Trinajstić information content (AvgIpc) is 3.19. The maximum absolute atomic E-state index is 12.0. The number of amides is 1. The maximum atomic E-state index is 12.0. The Kier molecular flexibility index (Phi) is 8.83. The van der Waals surface area contributed by atoms with Gasteiger partial charge < -0.3 is 20.4 Å². The van der Waals surface area contributed by atoms with Crippen LogP contribution in [0.3, 0.4) is 0 Å². The molecule has 2 heterocycles. The molecule has 1 aliphatic rings. The molecule has 0 radical (unpaired) electrons. The third-order valence-corrected chi connectivity index (χ3v) is 4.85. The van der Waals surface area contributed by atoms with Crippen LogP contribution < -0.4 is 16.0 Å². The van der Waals surface area contributed by atoms with Gasteiger partial charge >= 0.3 is 0 Å². The van der Waals surface area contributed by atoms with Gasteiger partial charge in [-0.25, -0.2) is 0 Å². The number of hydrogen-bond acceptors (Lipinski definition) is 4. The summed E-state index contributed by atoms with van der Waals surface area (Å²) >= 11 is 0. The van der Waals surface area contributed by atoms with Gasteiger partial charge in [0.1, 0.15) is 5.76 Å². The molecule has 7 nitrogen and oxygen atoms in total. The minimum atomic E-state index is -0.372. The lowest BCUT2D eigenvalue weighted by Crippen LogP contribution is -2.44. The van der Waals surface area contributed by atoms with Crippen LogP contribution in [0.25, 0.3) is 0 Å². The molecule has 0 aliphatic carbocycles. The normalized spacial score (nSPS) is 17.2. The summed E-state index contributed by atoms with van der Waals surface area (Å²) in [5, 5.41) is 9.54. The predicted molar refractivity (Wildman–Crippen MR) is 113 cm³/mol. The summed E-state index contributed by atoms with van der Waals surface area (Å²) in [6, 6.07) is 4.14. The number of hydrogen-bond donors (Lipinski definition) is 3. The number of aliphatic imine (C=N–C) groups is 1. The minimum absolute atomic E-state index is 0.0548. The smallest absolute Gasteiger partial charge is 0.225 e. The number of nitrogens with one attached hydrogen (secondary N) is 3. The predicted octanol–water partition coefficient (Wildman–Crippen LogP) is 2.52. The highest BCUT2D eigenvalue weighted by atomic mass is 16.3. The zero-order chi connectivity index (χ0) is 20.4. The second-order valence-electron chi connectivity index (χ2n) is 8.28. The summed E-state index contributed by atoms with van der Waals surface area (Å²) in [6.07, 6.45) is 5.49. The van der Waals surface area contributed by atoms with Gasteiger partial charge in [0.15, 0.2) is 5.96 Å². The number of likely N-dealkylation sites (tertiary alicyclic amines) is 1. The van der Waals surface area contributed by atoms with Crippen molar-refractivity contribution in [1.29, 1.82) is 0 Å². The van der Waals surface area contributed by atoms with Gasteiger partial charge in [-0.15, -0.1) is 0 Å². The Morgan fingerprint density at radius 3 is 2.50 bits per heavy atom. The highest BCUT2D eigenvalue weighted by Crippen LogP contribution is 2.25. The molecule has 2 rings (SSSR count). The summed E-state index contributed by atoms with van der Waals surface area (Å²) in [5.41, 5.74) is -0.372. The molecule has 1 fully saturated rings. The highest BCUT2D eigenvalue weighted by molar-refractivity contribution is 5.81. The van der Waals surface area contributed by atoms with Crippen LogP contribution in [-0.2, 0) is 4.79 Å². The Morgan fingerprint density at radius 2 is 1.89 bits per heavy atom. The van der Waals surface area contributed by atoms with Gasteiger partial charge in [-0.3, -0.25) is 14.7 Å². The average molecular weight is 392 g/mol. The van der Waals surface area contributed by atoms with Crippen LogP contribution in [0.4, 0.5) is 0 Å². The third-order valence-electron chi connectivity index (χ3n) is 4.85. The Balaban J connectivity index is 1.92. The molecule has 0 aromatic carbocycles. The van der Waals surface area contributed by atoms with Gasteiger partial charge in [0.05, 0.1) is 18.8 Å². The largest absolute Gasteiger partial charge is 0.468 e. The lowest BCUT2D eigenvalue weighted by Gasteiger charge is -2.32. The van der Waals surface area contributed by atoms with Crippen molar-refractivity contribution in [2.24, 2.45) is 10.4 Å². The van der Waals surface area contributed by atoms with E-state index >= 15 is 0 Å². The fourth-order valence-corrected chi connectivity index (χ4v) is 3.24. The van der Waals surface area contributed by atoms with Gasteiger partial charge in [0, 0.05) is 25.0 Å². The minimum Gasteiger partial charge on any atom is -0.468 e. The molecule has 0 bridgehead atoms. The topological polar surface area (TPSA) is 81.9 Å². The molecule has 0 spiro atoms. The molecule has 28 heavy (non-hydrogen) atoms. The number of carbonyl (C=O) groups excluding carboxylic acids is 1. The van der Waals surface area contributed by atoms with Crippen LogP contribution in [0, 0.1) is 5.41 Å². The van der Waals surface area contributed by atoms with Crippen molar-refractivity contribution in [2.75, 3.05) is 39.3 Å². The SMILES string of the molecule is CCNC(=NCC(c1ccco1)N1CCCCC1)NCCNC(=O)C(C)(C)C. The Hall–Kier alpha value is -2.02. The number of piperidine rings is 1. The van der Waals surface area contributed by atoms with E-state index in [2.05, 4.69) is 20.9 Å². The van der Waals surface area contributed by atoms with Crippen molar-refractivity contribution in [3.8, 4) is 0 Å². The lowest BCUT2D eigenvalue weighted by atomic mass is 9.96. The van der Waals surface area contributed by atoms with E-state index in [1.165, 1.54) is 19.3 Å². The van der Waals surface area contributed by atoms with Crippen LogP contribution in [-0.4, -0.2) is 56.0 Å². The van der Waals surface area contributed by atoms with E-state index in [1.54, 1.807) is 6.26 Å². The zero-order valence-electron chi connectivity index (χ0n) is 17.9. The van der Waals surface area contributed by atoms with Gasteiger partial charge in [-0.05, 0) is 45.0 Å². The van der Waals surface area contributed by atoms with E-state index < -0.39 is 0 Å². The van der Waals surface area contributed by atoms with Crippen molar-refractivity contribution in [1.82, 2.24) is 20.9 Å². The molecule has 1 atom stereocenters. The number of rotatable bonds is 8. The third kappa shape index (κ3) is 7.19. The Bertz CT molecular complexity index is 601. The molecule has 1 amide bonds. The molecule has 1 saturated heterocycles. The second kappa shape index (κ2) is 11.1. The lowest BCUT2D eigenvalue weighted by molar-refractivity contribution is -0.128. The fraction of sp³-hybridized carbons (Fsp3) is 0.714. The van der Waals surface area contributed by atoms with Crippen LogP contribution in [0.5, 0.6) is 0 Å². The molecule has 7 heteroatoms. The summed E-state index contributed by atoms with van der Waals surface area (Å²) < 4.78 is 5.70. The Morgan fingerprint density at radius 1 is 1.18 bits per heavy atom. The molecule has 1 aromatic heterocycles. The molecule has 158 valence electrons. The number of carbonyl (C=O) groups is 1. The molecule has 1 unspecified atom stereocenters. The molecule has 1 aliphatic heterocycles. The van der Waals surface area contributed by atoms with Crippen LogP contribution in [0.15, 0.2) is 27.8 Å². The van der Waals surface area contributed by atoms with Gasteiger partial charge in [0.25, 0.3) is 0 Å². The first kappa shape index (κ1) is 22.3. The van der Waals surface area contributed by atoms with Crippen molar-refractivity contribution in [3.63, 3.8) is 0 Å². The number of furan rings is 1. The van der Waals surface area contributed by atoms with Crippen LogP contribution in [0.1, 0.15) is 58.8 Å². The van der Waals surface area contributed by atoms with Crippen molar-refractivity contribution in [3.05, 3.63) is 24.2 Å². The second-order valence-corrected chi connectivity index (χ2v) is 8.28. The van der Waals surface area contributed by atoms with E-state index in [0.717, 1.165) is 31.4 Å². The number of nitrogens with zero attached hydrogens (tertiary/aromatic N) is 2. The van der Waals surface area contributed by atoms with E-state index in [1.807, 2.05) is 39.8 Å². The van der Waals surface area contributed by atoms with Crippen molar-refractivity contribution < 1.29 is 9.21 Å². The fourth-order valence-electron chi connectivity index (χ4n) is 3.24. The monoisotopic (exact) mass is 391 g/mol. The molecular formula is C21H37N5O2. The first-order valence-corrected chi connectivity index (χ1v) is 10.5. The molecular weight excluding hydrogens is 354 g/mol. The maximum Gasteiger partial charge on any atom is 0.225 e. The summed E-state index contributed by atoms with van der Waals surface area (Å²) in [5.74, 6) is 1.79.